The SMILES string of the molecule is O=C(C1CC1)N1CC[C@@H]2C[C@H](N3CCOCC3)CC[C@@]2(C(=O)NCCc2cnc[nH]2)C1. The van der Waals surface area contributed by atoms with Crippen LogP contribution in [-0.4, -0.2) is 83.6 Å². The predicted octanol–water partition coefficient (Wildman–Crippen LogP) is 1.20. The number of H-pyrrole nitrogens is 1. The maximum absolute atomic E-state index is 13.6. The topological polar surface area (TPSA) is 90.6 Å². The molecule has 5 rings (SSSR count). The first-order chi connectivity index (χ1) is 15.2. The van der Waals surface area contributed by atoms with Crippen molar-refractivity contribution in [2.45, 2.75) is 51.0 Å². The van der Waals surface area contributed by atoms with E-state index in [1.807, 2.05) is 4.90 Å². The molecule has 3 heterocycles. The van der Waals surface area contributed by atoms with Gasteiger partial charge in [0.2, 0.25) is 11.8 Å². The molecule has 2 saturated carbocycles. The third kappa shape index (κ3) is 4.37. The molecule has 0 spiro atoms. The normalized spacial score (nSPS) is 31.8. The molecule has 1 aromatic heterocycles. The number of nitrogens with one attached hydrogen (secondary N) is 2. The third-order valence-corrected chi connectivity index (χ3v) is 7.97. The van der Waals surface area contributed by atoms with Crippen molar-refractivity contribution in [2.75, 3.05) is 45.9 Å². The number of hydrogen-bond donors (Lipinski definition) is 2. The second kappa shape index (κ2) is 8.90. The van der Waals surface area contributed by atoms with Crippen molar-refractivity contribution >= 4 is 11.8 Å². The Labute approximate surface area is 184 Å². The van der Waals surface area contributed by atoms with Gasteiger partial charge >= 0.3 is 0 Å². The molecule has 2 aliphatic heterocycles. The summed E-state index contributed by atoms with van der Waals surface area (Å²) in [6.07, 6.45) is 10.1. The number of aromatic amines is 1. The van der Waals surface area contributed by atoms with Crippen LogP contribution < -0.4 is 5.32 Å². The minimum absolute atomic E-state index is 0.144. The molecular weight excluding hydrogens is 394 g/mol. The number of carbonyl (C=O) groups is 2. The van der Waals surface area contributed by atoms with Gasteiger partial charge in [-0.15, -0.1) is 0 Å². The van der Waals surface area contributed by atoms with Crippen molar-refractivity contribution in [3.8, 4) is 0 Å². The number of piperidine rings is 1. The van der Waals surface area contributed by atoms with E-state index in [2.05, 4.69) is 20.2 Å². The molecule has 2 amide bonds. The van der Waals surface area contributed by atoms with Gasteiger partial charge in [-0.2, -0.15) is 0 Å². The van der Waals surface area contributed by atoms with Crippen molar-refractivity contribution in [1.82, 2.24) is 25.1 Å². The average molecular weight is 430 g/mol. The molecule has 4 aliphatic rings. The van der Waals surface area contributed by atoms with Crippen LogP contribution in [0.15, 0.2) is 12.5 Å². The Kier molecular flexibility index (Phi) is 6.01. The Morgan fingerprint density at radius 1 is 1.19 bits per heavy atom. The molecule has 31 heavy (non-hydrogen) atoms. The van der Waals surface area contributed by atoms with Crippen LogP contribution in [0.4, 0.5) is 0 Å². The van der Waals surface area contributed by atoms with E-state index in [4.69, 9.17) is 4.74 Å². The molecule has 0 radical (unpaired) electrons. The highest BCUT2D eigenvalue weighted by atomic mass is 16.5. The van der Waals surface area contributed by atoms with Gasteiger partial charge in [-0.05, 0) is 44.4 Å². The lowest BCUT2D eigenvalue weighted by molar-refractivity contribution is -0.152. The van der Waals surface area contributed by atoms with Gasteiger partial charge in [-0.3, -0.25) is 14.5 Å². The molecule has 0 unspecified atom stereocenters. The van der Waals surface area contributed by atoms with Gasteiger partial charge in [0.25, 0.3) is 0 Å². The highest BCUT2D eigenvalue weighted by Crippen LogP contribution is 2.48. The number of rotatable bonds is 6. The highest BCUT2D eigenvalue weighted by molar-refractivity contribution is 5.86. The van der Waals surface area contributed by atoms with Crippen LogP contribution in [0.1, 0.15) is 44.2 Å². The maximum Gasteiger partial charge on any atom is 0.228 e. The Morgan fingerprint density at radius 3 is 2.77 bits per heavy atom. The number of morpholine rings is 1. The number of amides is 2. The number of aromatic nitrogens is 2. The van der Waals surface area contributed by atoms with E-state index in [0.717, 1.165) is 83.5 Å². The Balaban J connectivity index is 1.28. The lowest BCUT2D eigenvalue weighted by Gasteiger charge is -2.53. The molecule has 2 N–H and O–H groups in total. The van der Waals surface area contributed by atoms with E-state index in [1.54, 1.807) is 12.5 Å². The van der Waals surface area contributed by atoms with Crippen molar-refractivity contribution in [2.24, 2.45) is 17.3 Å². The van der Waals surface area contributed by atoms with Crippen molar-refractivity contribution in [1.29, 1.82) is 0 Å². The van der Waals surface area contributed by atoms with E-state index in [-0.39, 0.29) is 17.7 Å². The molecule has 8 nitrogen and oxygen atoms in total. The first-order valence-corrected chi connectivity index (χ1v) is 12.0. The van der Waals surface area contributed by atoms with Crippen molar-refractivity contribution < 1.29 is 14.3 Å². The smallest absolute Gasteiger partial charge is 0.228 e. The van der Waals surface area contributed by atoms with Crippen LogP contribution in [0.2, 0.25) is 0 Å². The Hall–Kier alpha value is -1.93. The third-order valence-electron chi connectivity index (χ3n) is 7.97. The van der Waals surface area contributed by atoms with Gasteiger partial charge in [-0.1, -0.05) is 0 Å². The standard InChI is InChI=1S/C23H35N5O3/c29-21(17-1-2-17)28-8-5-18-13-20(27-9-11-31-12-10-27)3-6-23(18,15-28)22(30)25-7-4-19-14-24-16-26-19/h14,16-18,20H,1-13,15H2,(H,24,26)(H,25,30)/t18-,20-,23-/m1/s1. The van der Waals surface area contributed by atoms with Crippen LogP contribution in [0.25, 0.3) is 0 Å². The number of hydrogen-bond acceptors (Lipinski definition) is 5. The summed E-state index contributed by atoms with van der Waals surface area (Å²) in [6.45, 7) is 5.60. The second-order valence-electron chi connectivity index (χ2n) is 9.84. The van der Waals surface area contributed by atoms with Gasteiger partial charge in [0.05, 0.1) is 25.0 Å². The van der Waals surface area contributed by atoms with Crippen molar-refractivity contribution in [3.05, 3.63) is 18.2 Å². The van der Waals surface area contributed by atoms with E-state index >= 15 is 0 Å². The molecule has 170 valence electrons. The maximum atomic E-state index is 13.6. The zero-order valence-corrected chi connectivity index (χ0v) is 18.4. The summed E-state index contributed by atoms with van der Waals surface area (Å²) in [6, 6.07) is 0.533. The minimum Gasteiger partial charge on any atom is -0.379 e. The van der Waals surface area contributed by atoms with Gasteiger partial charge in [0.15, 0.2) is 0 Å². The summed E-state index contributed by atoms with van der Waals surface area (Å²) in [7, 11) is 0. The second-order valence-corrected chi connectivity index (χ2v) is 9.84. The molecule has 4 fully saturated rings. The Bertz CT molecular complexity index is 774. The van der Waals surface area contributed by atoms with Crippen molar-refractivity contribution in [3.63, 3.8) is 0 Å². The lowest BCUT2D eigenvalue weighted by atomic mass is 9.60. The summed E-state index contributed by atoms with van der Waals surface area (Å²) in [5.74, 6) is 0.968. The molecule has 0 aromatic carbocycles. The van der Waals surface area contributed by atoms with Crippen LogP contribution >= 0.6 is 0 Å². The van der Waals surface area contributed by atoms with Crippen LogP contribution in [0.3, 0.4) is 0 Å². The molecule has 8 heteroatoms. The zero-order chi connectivity index (χ0) is 21.3. The number of ether oxygens (including phenoxy) is 1. The molecule has 1 aromatic rings. The van der Waals surface area contributed by atoms with E-state index in [1.165, 1.54) is 0 Å². The number of likely N-dealkylation sites (tertiary alicyclic amines) is 1. The van der Waals surface area contributed by atoms with Gasteiger partial charge in [-0.25, -0.2) is 4.98 Å². The zero-order valence-electron chi connectivity index (χ0n) is 18.4. The lowest BCUT2D eigenvalue weighted by Crippen LogP contribution is -2.61. The first kappa shape index (κ1) is 20.9. The molecule has 3 atom stereocenters. The minimum atomic E-state index is -0.445. The van der Waals surface area contributed by atoms with Gasteiger partial charge in [0, 0.05) is 63.0 Å². The van der Waals surface area contributed by atoms with E-state index in [9.17, 15) is 9.59 Å². The molecule has 0 bridgehead atoms. The number of imidazole rings is 1. The average Bonchev–Trinajstić information content (AvgIpc) is 3.54. The quantitative estimate of drug-likeness (QED) is 0.709. The van der Waals surface area contributed by atoms with Crippen LogP contribution in [-0.2, 0) is 20.7 Å². The Morgan fingerprint density at radius 2 is 2.03 bits per heavy atom. The predicted molar refractivity (Wildman–Crippen MR) is 115 cm³/mol. The van der Waals surface area contributed by atoms with E-state index < -0.39 is 5.41 Å². The number of nitrogens with zero attached hydrogens (tertiary/aromatic N) is 3. The molecular formula is C23H35N5O3. The molecule has 2 aliphatic carbocycles. The summed E-state index contributed by atoms with van der Waals surface area (Å²) < 4.78 is 5.54. The summed E-state index contributed by atoms with van der Waals surface area (Å²) >= 11 is 0. The van der Waals surface area contributed by atoms with Crippen LogP contribution in [0.5, 0.6) is 0 Å². The highest BCUT2D eigenvalue weighted by Gasteiger charge is 2.54. The largest absolute Gasteiger partial charge is 0.379 e. The van der Waals surface area contributed by atoms with Gasteiger partial charge < -0.3 is 19.9 Å². The molecule has 2 saturated heterocycles. The number of fused-ring (bicyclic) bond motifs is 1. The fourth-order valence-corrected chi connectivity index (χ4v) is 5.96. The van der Waals surface area contributed by atoms with E-state index in [0.29, 0.717) is 25.0 Å². The number of carbonyl (C=O) groups excluding carboxylic acids is 2. The summed E-state index contributed by atoms with van der Waals surface area (Å²) in [5, 5.41) is 3.22. The summed E-state index contributed by atoms with van der Waals surface area (Å²) in [5.41, 5.74) is 0.582. The van der Waals surface area contributed by atoms with Crippen LogP contribution in [0, 0.1) is 17.3 Å². The fraction of sp³-hybridized carbons (Fsp3) is 0.783. The summed E-state index contributed by atoms with van der Waals surface area (Å²) in [4.78, 5) is 38.2. The fourth-order valence-electron chi connectivity index (χ4n) is 5.96. The first-order valence-electron chi connectivity index (χ1n) is 12.0. The van der Waals surface area contributed by atoms with Gasteiger partial charge in [0.1, 0.15) is 0 Å². The monoisotopic (exact) mass is 429 g/mol.